The van der Waals surface area contributed by atoms with Gasteiger partial charge in [-0.1, -0.05) is 12.1 Å². The Morgan fingerprint density at radius 1 is 1.14 bits per heavy atom. The van der Waals surface area contributed by atoms with Gasteiger partial charge in [0.05, 0.1) is 44.2 Å². The maximum Gasteiger partial charge on any atom is 0.573 e. The Labute approximate surface area is 210 Å². The van der Waals surface area contributed by atoms with E-state index in [9.17, 15) is 31.2 Å². The smallest absolute Gasteiger partial charge is 0.491 e. The van der Waals surface area contributed by atoms with Crippen LogP contribution >= 0.6 is 0 Å². The summed E-state index contributed by atoms with van der Waals surface area (Å²) in [4.78, 5) is 31.2. The van der Waals surface area contributed by atoms with Crippen LogP contribution in [0.5, 0.6) is 17.4 Å². The highest BCUT2D eigenvalue weighted by atomic mass is 32.2. The number of benzene rings is 1. The maximum absolute atomic E-state index is 13.1. The quantitative estimate of drug-likeness (QED) is 0.493. The number of aromatic nitrogens is 1. The number of hydrogen-bond acceptors (Lipinski definition) is 9. The molecule has 0 spiro atoms. The molecular weight excluding hydrogens is 523 g/mol. The second-order valence-electron chi connectivity index (χ2n) is 7.94. The van der Waals surface area contributed by atoms with Gasteiger partial charge in [-0.2, -0.15) is 8.42 Å². The van der Waals surface area contributed by atoms with Crippen molar-refractivity contribution in [2.75, 3.05) is 33.6 Å². The molecule has 15 heteroatoms. The van der Waals surface area contributed by atoms with E-state index in [4.69, 9.17) is 13.7 Å². The molecule has 1 fully saturated rings. The Morgan fingerprint density at radius 2 is 1.84 bits per heavy atom. The average Bonchev–Trinajstić information content (AvgIpc) is 2.82. The van der Waals surface area contributed by atoms with Crippen LogP contribution in [-0.2, 0) is 14.3 Å². The highest BCUT2D eigenvalue weighted by Crippen LogP contribution is 2.28. The number of methoxy groups -OCH3 is 2. The minimum Gasteiger partial charge on any atom is -0.491 e. The largest absolute Gasteiger partial charge is 0.573 e. The zero-order valence-electron chi connectivity index (χ0n) is 19.9. The fourth-order valence-corrected chi connectivity index (χ4v) is 4.38. The van der Waals surface area contributed by atoms with Crippen molar-refractivity contribution < 1.29 is 49.6 Å². The molecule has 0 saturated carbocycles. The van der Waals surface area contributed by atoms with Crippen molar-refractivity contribution in [2.45, 2.75) is 24.9 Å². The predicted molar refractivity (Wildman–Crippen MR) is 122 cm³/mol. The Hall–Kier alpha value is -3.59. The topological polar surface area (TPSA) is 133 Å². The molecule has 2 amide bonds. The number of ether oxygens (including phenoxy) is 3. The first kappa shape index (κ1) is 28.0. The summed E-state index contributed by atoms with van der Waals surface area (Å²) in [5.41, 5.74) is -0.274. The van der Waals surface area contributed by atoms with Crippen LogP contribution in [0.2, 0.25) is 0 Å². The van der Waals surface area contributed by atoms with Crippen molar-refractivity contribution in [3.8, 4) is 17.4 Å². The van der Waals surface area contributed by atoms with Crippen LogP contribution in [0.4, 0.5) is 13.2 Å². The molecule has 202 valence electrons. The molecule has 0 bridgehead atoms. The third-order valence-electron chi connectivity index (χ3n) is 5.30. The number of para-hydroxylation sites is 1. The molecule has 1 N–H and O–H groups in total. The molecule has 3 rings (SSSR count). The summed E-state index contributed by atoms with van der Waals surface area (Å²) in [6.45, 7) is -0.172. The summed E-state index contributed by atoms with van der Waals surface area (Å²) in [6, 6.07) is 5.18. The molecule has 1 aromatic heterocycles. The highest BCUT2D eigenvalue weighted by molar-refractivity contribution is 7.86. The first-order valence-electron chi connectivity index (χ1n) is 10.7. The van der Waals surface area contributed by atoms with Gasteiger partial charge in [0.25, 0.3) is 27.8 Å². The first-order chi connectivity index (χ1) is 17.3. The van der Waals surface area contributed by atoms with E-state index in [0.717, 1.165) is 18.4 Å². The highest BCUT2D eigenvalue weighted by Gasteiger charge is 2.37. The fraction of sp³-hybridized carbons (Fsp3) is 0.409. The number of halogens is 3. The molecule has 2 atom stereocenters. The number of carbonyl (C=O) groups is 2. The third-order valence-corrected chi connectivity index (χ3v) is 5.89. The van der Waals surface area contributed by atoms with Gasteiger partial charge in [-0.3, -0.25) is 13.8 Å². The lowest BCUT2D eigenvalue weighted by Gasteiger charge is -2.38. The third kappa shape index (κ3) is 7.45. The first-order valence-corrected chi connectivity index (χ1v) is 12.5. The van der Waals surface area contributed by atoms with Gasteiger partial charge < -0.3 is 24.4 Å². The number of nitrogens with one attached hydrogen (secondary N) is 1. The SMILES string of the molecule is COc1cc(C(=O)N2CC[C@H](NC(=O)c3ccccc3OC(F)(F)F)[C@@H](OS(C)(=O)=O)C2)cnc1OC. The van der Waals surface area contributed by atoms with E-state index in [2.05, 4.69) is 15.0 Å². The minimum absolute atomic E-state index is 0.0423. The van der Waals surface area contributed by atoms with Crippen molar-refractivity contribution in [3.05, 3.63) is 47.7 Å². The molecule has 0 unspecified atom stereocenters. The molecule has 2 heterocycles. The van der Waals surface area contributed by atoms with E-state index in [1.165, 1.54) is 43.5 Å². The van der Waals surface area contributed by atoms with Crippen LogP contribution in [0, 0.1) is 0 Å². The van der Waals surface area contributed by atoms with Gasteiger partial charge in [0.1, 0.15) is 11.9 Å². The van der Waals surface area contributed by atoms with Crippen molar-refractivity contribution in [1.29, 1.82) is 0 Å². The molecule has 37 heavy (non-hydrogen) atoms. The van der Waals surface area contributed by atoms with Crippen LogP contribution in [0.15, 0.2) is 36.5 Å². The molecule has 1 aromatic carbocycles. The number of pyridine rings is 1. The van der Waals surface area contributed by atoms with Crippen LogP contribution in [0.1, 0.15) is 27.1 Å². The monoisotopic (exact) mass is 547 g/mol. The number of amides is 2. The molecule has 2 aromatic rings. The zero-order chi connectivity index (χ0) is 27.4. The molecule has 1 saturated heterocycles. The number of alkyl halides is 3. The Kier molecular flexibility index (Phi) is 8.48. The molecule has 1 aliphatic heterocycles. The van der Waals surface area contributed by atoms with Crippen molar-refractivity contribution in [3.63, 3.8) is 0 Å². The Morgan fingerprint density at radius 3 is 2.46 bits per heavy atom. The van der Waals surface area contributed by atoms with Crippen molar-refractivity contribution in [2.24, 2.45) is 0 Å². The van der Waals surface area contributed by atoms with Crippen LogP contribution in [0.3, 0.4) is 0 Å². The van der Waals surface area contributed by atoms with E-state index in [1.807, 2.05) is 0 Å². The summed E-state index contributed by atoms with van der Waals surface area (Å²) in [7, 11) is -1.28. The van der Waals surface area contributed by atoms with Gasteiger partial charge in [-0.15, -0.1) is 13.2 Å². The van der Waals surface area contributed by atoms with E-state index >= 15 is 0 Å². The molecule has 0 radical (unpaired) electrons. The number of rotatable bonds is 8. The van der Waals surface area contributed by atoms with E-state index in [-0.39, 0.29) is 36.7 Å². The fourth-order valence-electron chi connectivity index (χ4n) is 3.73. The molecule has 11 nitrogen and oxygen atoms in total. The van der Waals surface area contributed by atoms with Crippen LogP contribution < -0.4 is 19.5 Å². The van der Waals surface area contributed by atoms with Crippen LogP contribution in [-0.4, -0.2) is 82.2 Å². The zero-order valence-corrected chi connectivity index (χ0v) is 20.8. The van der Waals surface area contributed by atoms with Gasteiger partial charge in [-0.25, -0.2) is 4.98 Å². The van der Waals surface area contributed by atoms with Crippen molar-refractivity contribution in [1.82, 2.24) is 15.2 Å². The summed E-state index contributed by atoms with van der Waals surface area (Å²) >= 11 is 0. The number of piperidine rings is 1. The lowest BCUT2D eigenvalue weighted by atomic mass is 10.0. The Bertz CT molecular complexity index is 1260. The number of likely N-dealkylation sites (tertiary alicyclic amines) is 1. The lowest BCUT2D eigenvalue weighted by Crippen LogP contribution is -2.56. The summed E-state index contributed by atoms with van der Waals surface area (Å²) < 4.78 is 81.3. The maximum atomic E-state index is 13.1. The van der Waals surface area contributed by atoms with Crippen LogP contribution in [0.25, 0.3) is 0 Å². The van der Waals surface area contributed by atoms with Gasteiger partial charge in [-0.05, 0) is 18.6 Å². The van der Waals surface area contributed by atoms with E-state index in [0.29, 0.717) is 0 Å². The summed E-state index contributed by atoms with van der Waals surface area (Å²) in [6.07, 6.45) is -4.14. The average molecular weight is 548 g/mol. The van der Waals surface area contributed by atoms with Gasteiger partial charge in [0.15, 0.2) is 5.75 Å². The second kappa shape index (κ2) is 11.2. The molecular formula is C22H24F3N3O8S. The Balaban J connectivity index is 1.80. The summed E-state index contributed by atoms with van der Waals surface area (Å²) in [5, 5.41) is 2.50. The minimum atomic E-state index is -5.02. The van der Waals surface area contributed by atoms with E-state index < -0.39 is 51.8 Å². The normalized spacial score (nSPS) is 18.2. The number of hydrogen-bond donors (Lipinski definition) is 1. The van der Waals surface area contributed by atoms with Gasteiger partial charge >= 0.3 is 6.36 Å². The molecule has 0 aliphatic carbocycles. The second-order valence-corrected chi connectivity index (χ2v) is 9.54. The number of carbonyl (C=O) groups excluding carboxylic acids is 2. The standard InChI is InChI=1S/C22H24F3N3O8S/c1-33-17-10-13(11-26-20(17)34-2)21(30)28-9-8-15(18(12-28)36-37(3,31)32)27-19(29)14-6-4-5-7-16(14)35-22(23,24)25/h4-7,10-11,15,18H,8-9,12H2,1-3H3,(H,27,29)/t15-,18-/m0/s1. The summed E-state index contributed by atoms with van der Waals surface area (Å²) in [5.74, 6) is -1.80. The van der Waals surface area contributed by atoms with E-state index in [1.54, 1.807) is 0 Å². The predicted octanol–water partition coefficient (Wildman–Crippen LogP) is 1.99. The number of nitrogens with zero attached hydrogens (tertiary/aromatic N) is 2. The lowest BCUT2D eigenvalue weighted by molar-refractivity contribution is -0.274. The van der Waals surface area contributed by atoms with Crippen molar-refractivity contribution >= 4 is 21.9 Å². The van der Waals surface area contributed by atoms with Gasteiger partial charge in [0.2, 0.25) is 0 Å². The molecule has 1 aliphatic rings. The van der Waals surface area contributed by atoms with Gasteiger partial charge in [0, 0.05) is 18.8 Å².